The first-order valence-electron chi connectivity index (χ1n) is 9.19. The predicted octanol–water partition coefficient (Wildman–Crippen LogP) is 4.33. The van der Waals surface area contributed by atoms with Gasteiger partial charge in [0.05, 0.1) is 0 Å². The van der Waals surface area contributed by atoms with Crippen molar-refractivity contribution in [3.05, 3.63) is 83.6 Å². The molecule has 0 bridgehead atoms. The molecule has 1 aliphatic rings. The maximum atomic E-state index is 12.1. The van der Waals surface area contributed by atoms with Crippen molar-refractivity contribution >= 4 is 28.8 Å². The first-order chi connectivity index (χ1) is 13.6. The van der Waals surface area contributed by atoms with Crippen LogP contribution < -0.4 is 10.1 Å². The Bertz CT molecular complexity index is 1070. The van der Waals surface area contributed by atoms with E-state index in [1.165, 1.54) is 15.7 Å². The molecule has 0 aromatic heterocycles. The zero-order valence-electron chi connectivity index (χ0n) is 15.5. The highest BCUT2D eigenvalue weighted by atomic mass is 16.5. The van der Waals surface area contributed by atoms with Crippen molar-refractivity contribution in [1.29, 1.82) is 0 Å². The van der Waals surface area contributed by atoms with Gasteiger partial charge in [-0.1, -0.05) is 48.5 Å². The van der Waals surface area contributed by atoms with Gasteiger partial charge in [0.1, 0.15) is 18.1 Å². The van der Waals surface area contributed by atoms with Gasteiger partial charge in [0.15, 0.2) is 0 Å². The SMILES string of the molecule is CCN1C(=O)N/C(=C/c2ccc(OCc3ccc4ccccc4c3)cc2)C1=O. The quantitative estimate of drug-likeness (QED) is 0.536. The molecule has 3 amide bonds. The lowest BCUT2D eigenvalue weighted by atomic mass is 10.1. The molecule has 1 N–H and O–H groups in total. The van der Waals surface area contributed by atoms with Crippen molar-refractivity contribution in [2.75, 3.05) is 6.54 Å². The zero-order valence-corrected chi connectivity index (χ0v) is 15.5. The Labute approximate surface area is 163 Å². The van der Waals surface area contributed by atoms with Crippen molar-refractivity contribution in [1.82, 2.24) is 10.2 Å². The Morgan fingerprint density at radius 2 is 1.71 bits per heavy atom. The van der Waals surface area contributed by atoms with Crippen LogP contribution in [0.2, 0.25) is 0 Å². The number of amides is 3. The monoisotopic (exact) mass is 372 g/mol. The van der Waals surface area contributed by atoms with Gasteiger partial charge in [0, 0.05) is 6.54 Å². The number of fused-ring (bicyclic) bond motifs is 1. The van der Waals surface area contributed by atoms with Gasteiger partial charge in [-0.2, -0.15) is 0 Å². The molecule has 3 aromatic rings. The van der Waals surface area contributed by atoms with Crippen LogP contribution >= 0.6 is 0 Å². The lowest BCUT2D eigenvalue weighted by Crippen LogP contribution is -2.30. The number of carbonyl (C=O) groups excluding carboxylic acids is 2. The van der Waals surface area contributed by atoms with E-state index in [1.54, 1.807) is 13.0 Å². The Kier molecular flexibility index (Phi) is 4.81. The molecular weight excluding hydrogens is 352 g/mol. The van der Waals surface area contributed by atoms with Crippen molar-refractivity contribution in [2.24, 2.45) is 0 Å². The molecular formula is C23H20N2O3. The fourth-order valence-electron chi connectivity index (χ4n) is 3.18. The van der Waals surface area contributed by atoms with E-state index in [1.807, 2.05) is 36.4 Å². The zero-order chi connectivity index (χ0) is 19.5. The molecule has 28 heavy (non-hydrogen) atoms. The maximum absolute atomic E-state index is 12.1. The molecule has 1 saturated heterocycles. The molecule has 1 aliphatic heterocycles. The molecule has 0 aliphatic carbocycles. The number of nitrogens with one attached hydrogen (secondary N) is 1. The number of nitrogens with zero attached hydrogens (tertiary/aromatic N) is 1. The normalized spacial score (nSPS) is 15.3. The lowest BCUT2D eigenvalue weighted by Gasteiger charge is -2.08. The number of benzene rings is 3. The fourth-order valence-corrected chi connectivity index (χ4v) is 3.18. The predicted molar refractivity (Wildman–Crippen MR) is 109 cm³/mol. The minimum Gasteiger partial charge on any atom is -0.489 e. The van der Waals surface area contributed by atoms with E-state index in [0.717, 1.165) is 16.9 Å². The second kappa shape index (κ2) is 7.56. The summed E-state index contributed by atoms with van der Waals surface area (Å²) in [7, 11) is 0. The minimum absolute atomic E-state index is 0.289. The molecule has 5 nitrogen and oxygen atoms in total. The third kappa shape index (κ3) is 3.60. The highest BCUT2D eigenvalue weighted by molar-refractivity contribution is 6.13. The number of carbonyl (C=O) groups is 2. The molecule has 5 heteroatoms. The largest absolute Gasteiger partial charge is 0.489 e. The summed E-state index contributed by atoms with van der Waals surface area (Å²) in [6.07, 6.45) is 1.67. The van der Waals surface area contributed by atoms with Crippen LogP contribution in [0.3, 0.4) is 0 Å². The number of rotatable bonds is 5. The second-order valence-corrected chi connectivity index (χ2v) is 6.58. The average Bonchev–Trinajstić information content (AvgIpc) is 2.99. The van der Waals surface area contributed by atoms with E-state index in [2.05, 4.69) is 35.6 Å². The van der Waals surface area contributed by atoms with E-state index in [-0.39, 0.29) is 17.6 Å². The van der Waals surface area contributed by atoms with Crippen LogP contribution in [0.5, 0.6) is 5.75 Å². The van der Waals surface area contributed by atoms with Crippen LogP contribution in [0.15, 0.2) is 72.4 Å². The fraction of sp³-hybridized carbons (Fsp3) is 0.130. The maximum Gasteiger partial charge on any atom is 0.328 e. The van der Waals surface area contributed by atoms with Gasteiger partial charge in [-0.3, -0.25) is 9.69 Å². The van der Waals surface area contributed by atoms with Gasteiger partial charge < -0.3 is 10.1 Å². The van der Waals surface area contributed by atoms with Gasteiger partial charge in [0.25, 0.3) is 5.91 Å². The highest BCUT2D eigenvalue weighted by Gasteiger charge is 2.31. The summed E-state index contributed by atoms with van der Waals surface area (Å²) >= 11 is 0. The first-order valence-corrected chi connectivity index (χ1v) is 9.19. The third-order valence-corrected chi connectivity index (χ3v) is 4.69. The Hall–Kier alpha value is -3.60. The van der Waals surface area contributed by atoms with Gasteiger partial charge in [-0.05, 0) is 53.1 Å². The van der Waals surface area contributed by atoms with Crippen LogP contribution in [0.1, 0.15) is 18.1 Å². The summed E-state index contributed by atoms with van der Waals surface area (Å²) in [6.45, 7) is 2.59. The van der Waals surface area contributed by atoms with Gasteiger partial charge >= 0.3 is 6.03 Å². The second-order valence-electron chi connectivity index (χ2n) is 6.58. The Balaban J connectivity index is 1.42. The molecule has 0 radical (unpaired) electrons. The number of hydrogen-bond donors (Lipinski definition) is 1. The number of ether oxygens (including phenoxy) is 1. The van der Waals surface area contributed by atoms with Crippen molar-refractivity contribution in [3.63, 3.8) is 0 Å². The van der Waals surface area contributed by atoms with E-state index in [9.17, 15) is 9.59 Å². The summed E-state index contributed by atoms with van der Waals surface area (Å²) in [6, 6.07) is 21.6. The first kappa shape index (κ1) is 17.8. The summed E-state index contributed by atoms with van der Waals surface area (Å²) in [5, 5.41) is 4.99. The number of imide groups is 1. The smallest absolute Gasteiger partial charge is 0.328 e. The summed E-state index contributed by atoms with van der Waals surface area (Å²) in [5.41, 5.74) is 2.21. The standard InChI is InChI=1S/C23H20N2O3/c1-2-25-22(26)21(24-23(25)27)14-16-8-11-20(12-9-16)28-15-17-7-10-18-5-3-4-6-19(18)13-17/h3-14H,2,15H2,1H3,(H,24,27)/b21-14+. The Morgan fingerprint density at radius 1 is 0.964 bits per heavy atom. The van der Waals surface area contributed by atoms with E-state index >= 15 is 0 Å². The summed E-state index contributed by atoms with van der Waals surface area (Å²) in [4.78, 5) is 25.0. The van der Waals surface area contributed by atoms with Crippen molar-refractivity contribution < 1.29 is 14.3 Å². The number of hydrogen-bond acceptors (Lipinski definition) is 3. The number of urea groups is 1. The minimum atomic E-state index is -0.380. The van der Waals surface area contributed by atoms with Crippen LogP contribution in [-0.4, -0.2) is 23.4 Å². The molecule has 0 atom stereocenters. The summed E-state index contributed by atoms with van der Waals surface area (Å²) in [5.74, 6) is 0.441. The van der Waals surface area contributed by atoms with Crippen LogP contribution in [0.25, 0.3) is 16.8 Å². The van der Waals surface area contributed by atoms with Gasteiger partial charge in [-0.25, -0.2) is 4.79 Å². The van der Waals surface area contributed by atoms with Crippen LogP contribution in [-0.2, 0) is 11.4 Å². The Morgan fingerprint density at radius 3 is 2.43 bits per heavy atom. The lowest BCUT2D eigenvalue weighted by molar-refractivity contribution is -0.122. The van der Waals surface area contributed by atoms with Gasteiger partial charge in [0.2, 0.25) is 0 Å². The van der Waals surface area contributed by atoms with Crippen molar-refractivity contribution in [3.8, 4) is 5.75 Å². The summed E-state index contributed by atoms with van der Waals surface area (Å²) < 4.78 is 5.87. The van der Waals surface area contributed by atoms with Crippen molar-refractivity contribution in [2.45, 2.75) is 13.5 Å². The van der Waals surface area contributed by atoms with E-state index in [0.29, 0.717) is 13.2 Å². The average molecular weight is 372 g/mol. The van der Waals surface area contributed by atoms with E-state index in [4.69, 9.17) is 4.74 Å². The molecule has 4 rings (SSSR count). The molecule has 1 heterocycles. The topological polar surface area (TPSA) is 58.6 Å². The number of likely N-dealkylation sites (N-methyl/N-ethyl adjacent to an activating group) is 1. The molecule has 140 valence electrons. The molecule has 1 fully saturated rings. The molecule has 0 saturated carbocycles. The van der Waals surface area contributed by atoms with Crippen LogP contribution in [0.4, 0.5) is 4.79 Å². The third-order valence-electron chi connectivity index (χ3n) is 4.69. The van der Waals surface area contributed by atoms with Gasteiger partial charge in [-0.15, -0.1) is 0 Å². The molecule has 0 unspecified atom stereocenters. The molecule has 3 aromatic carbocycles. The highest BCUT2D eigenvalue weighted by Crippen LogP contribution is 2.20. The molecule has 0 spiro atoms. The van der Waals surface area contributed by atoms with Crippen LogP contribution in [0, 0.1) is 0 Å². The van der Waals surface area contributed by atoms with E-state index < -0.39 is 0 Å².